The highest BCUT2D eigenvalue weighted by Gasteiger charge is 2.50. The van der Waals surface area contributed by atoms with Crippen LogP contribution in [-0.2, 0) is 65.6 Å². The Morgan fingerprint density at radius 3 is 1.79 bits per heavy atom. The lowest BCUT2D eigenvalue weighted by Crippen LogP contribution is -2.65. The molecule has 8 aromatic rings. The standard InChI is InChI=1S/C88H90Cl2N8O30/c1-37(2)10-6-3-4-9-13-63(105)92-71-75(109)73(107)61(34-99)126-86(71)128-78-59-29-44-30-60(78)124-56-21-17-42(27-51(56)90)72(106)70-84(117)96-69(85(118)119)49-32-46(102)33-58(125-87-77(111)76(110)74(108)62(35-100)127-87)64(49)48-26-40(15-18-53(48)103)65(81(114)97-70)94-83(116)68(44)95-82(115)67-43-24-45(101)31-47(25-43)122-57-28-41(16-19-54(57)104)66(98-88(120)121-36-38-11-7-5-8-12-38)80(113)91-52(79(112)93-67)23-39-14-20-55(123-59)50(89)22-39/h5,7-8,11-12,14-22,24-33,37,52,61-62,65-77,86-87,99-104,106-111H,3-4,6,9-10,13,23,34-36H2,1-2H3,(H,91,113)(H,92,105)(H,93,112)(H,94,116)(H,95,115)(H,96,117)(H,97,114)(H,98,120)(H,118,119)/t52-,61-,62-,65-,66+,67+,68-,69-,70+,71-,72-,73-,74-,75-,76+,77+,86+,87+/m1/s1. The molecule has 2 saturated heterocycles. The van der Waals surface area contributed by atoms with Crippen molar-refractivity contribution in [3.8, 4) is 80.1 Å². The largest absolute Gasteiger partial charge is 0.508 e. The number of unbranched alkanes of at least 4 members (excludes halogenated alkanes) is 3. The van der Waals surface area contributed by atoms with Gasteiger partial charge in [0.15, 0.2) is 29.0 Å². The maximum Gasteiger partial charge on any atom is 0.408 e. The third-order valence-corrected chi connectivity index (χ3v) is 22.9. The van der Waals surface area contributed by atoms with E-state index in [1.165, 1.54) is 24.3 Å². The number of carboxylic acids is 1. The van der Waals surface area contributed by atoms with Crippen LogP contribution in [0.3, 0.4) is 0 Å². The Hall–Kier alpha value is -12.8. The van der Waals surface area contributed by atoms with E-state index in [9.17, 15) is 80.8 Å². The number of hydrogen-bond acceptors (Lipinski definition) is 29. The van der Waals surface area contributed by atoms with Gasteiger partial charge in [-0.15, -0.1) is 0 Å². The van der Waals surface area contributed by atoms with Gasteiger partial charge < -0.3 is 147 Å². The molecule has 0 aromatic heterocycles. The highest BCUT2D eigenvalue weighted by Crippen LogP contribution is 2.51. The molecule has 17 bridgehead atoms. The second kappa shape index (κ2) is 39.2. The number of halogens is 2. The first-order chi connectivity index (χ1) is 61.2. The normalized spacial score (nSPS) is 25.7. The van der Waals surface area contributed by atoms with Crippen LogP contribution in [0, 0.1) is 5.92 Å². The van der Waals surface area contributed by atoms with Crippen molar-refractivity contribution in [1.29, 1.82) is 0 Å². The molecular weight excluding hydrogens is 1720 g/mol. The molecule has 40 heteroatoms. The third kappa shape index (κ3) is 20.3. The lowest BCUT2D eigenvalue weighted by Gasteiger charge is -2.42. The van der Waals surface area contributed by atoms with Gasteiger partial charge in [0.25, 0.3) is 0 Å². The fourth-order valence-electron chi connectivity index (χ4n) is 15.6. The first-order valence-electron chi connectivity index (χ1n) is 40.6. The lowest BCUT2D eigenvalue weighted by atomic mass is 9.89. The van der Waals surface area contributed by atoms with E-state index in [-0.39, 0.29) is 46.2 Å². The van der Waals surface area contributed by atoms with Gasteiger partial charge in [-0.2, -0.15) is 0 Å². The van der Waals surface area contributed by atoms with Gasteiger partial charge in [0, 0.05) is 41.7 Å². The number of carboxylic acid groups (broad SMARTS) is 1. The monoisotopic (exact) mass is 1810 g/mol. The second-order valence-corrected chi connectivity index (χ2v) is 32.6. The fourth-order valence-corrected chi connectivity index (χ4v) is 16.1. The minimum atomic E-state index is -2.47. The van der Waals surface area contributed by atoms with Crippen molar-refractivity contribution in [2.45, 2.75) is 175 Å². The molecule has 8 aliphatic heterocycles. The minimum absolute atomic E-state index is 0.0825. The van der Waals surface area contributed by atoms with Gasteiger partial charge >= 0.3 is 12.1 Å². The first-order valence-corrected chi connectivity index (χ1v) is 41.4. The third-order valence-electron chi connectivity index (χ3n) is 22.3. The molecule has 2 fully saturated rings. The number of aliphatic hydroxyl groups excluding tert-OH is 8. The SMILES string of the molecule is CC(C)CCCCCCC(=O)N[C@H]1[C@H](Oc2c3cc4cc2Oc2ccc(cc2Cl)[C@@H](O)[C@@H]2NC(=O)[C@H](NC(=O)[C@@H]4NC(=O)[C@H]4NC(=O)[C@@H](Cc5ccc(c(Cl)c5)O3)NC(=O)[C@@H](NC(=O)OCc3ccccc3)c3ccc(O)c(c3)Oc3cc(O)cc4c3)c3ccc(O)c(c3)-c3c(O[C@H]4O[C@H](CO)[C@@H](O)[C@H](O)[C@@H]4O)cc(O)cc3[C@H](C(=O)O)NC2=O)O[C@H](CO)[C@@H](O)[C@@H]1O. The van der Waals surface area contributed by atoms with Crippen LogP contribution in [0.15, 0.2) is 146 Å². The number of aliphatic carboxylic acids is 1. The van der Waals surface area contributed by atoms with Crippen molar-refractivity contribution in [3.05, 3.63) is 200 Å². The van der Waals surface area contributed by atoms with Gasteiger partial charge in [-0.05, 0) is 130 Å². The molecule has 0 radical (unpaired) electrons. The molecule has 8 heterocycles. The highest BCUT2D eigenvalue weighted by molar-refractivity contribution is 6.32. The number of alkyl carbamates (subject to hydrolysis) is 1. The molecule has 8 aromatic carbocycles. The zero-order valence-electron chi connectivity index (χ0n) is 67.9. The van der Waals surface area contributed by atoms with Crippen molar-refractivity contribution in [2.75, 3.05) is 13.2 Å². The van der Waals surface area contributed by atoms with Gasteiger partial charge in [0.05, 0.1) is 23.3 Å². The van der Waals surface area contributed by atoms with Gasteiger partial charge in [-0.1, -0.05) is 117 Å². The maximum absolute atomic E-state index is 16.8. The number of aromatic hydroxyl groups is 4. The molecule has 38 nitrogen and oxygen atoms in total. The molecule has 0 saturated carbocycles. The average Bonchev–Trinajstić information content (AvgIpc) is 0.758. The number of rotatable bonds is 18. The number of nitrogens with one attached hydrogen (secondary N) is 8. The number of carbonyl (C=O) groups is 9. The summed E-state index contributed by atoms with van der Waals surface area (Å²) < 4.78 is 50.0. The molecule has 0 unspecified atom stereocenters. The van der Waals surface area contributed by atoms with E-state index in [1.54, 1.807) is 30.3 Å². The molecule has 18 atom stereocenters. The number of ether oxygens (including phenoxy) is 8. The van der Waals surface area contributed by atoms with Crippen LogP contribution >= 0.6 is 23.2 Å². The van der Waals surface area contributed by atoms with Crippen LogP contribution in [0.1, 0.15) is 133 Å². The summed E-state index contributed by atoms with van der Waals surface area (Å²) in [4.78, 5) is 138. The summed E-state index contributed by atoms with van der Waals surface area (Å²) in [6, 6.07) is 11.5. The molecule has 676 valence electrons. The van der Waals surface area contributed by atoms with Crippen molar-refractivity contribution >= 4 is 76.6 Å². The predicted molar refractivity (Wildman–Crippen MR) is 444 cm³/mol. The minimum Gasteiger partial charge on any atom is -0.508 e. The molecule has 8 amide bonds. The average molecular weight is 1810 g/mol. The number of hydrogen-bond donors (Lipinski definition) is 21. The van der Waals surface area contributed by atoms with Crippen LogP contribution in [-0.4, -0.2) is 206 Å². The van der Waals surface area contributed by atoms with E-state index >= 15 is 28.8 Å². The summed E-state index contributed by atoms with van der Waals surface area (Å²) in [6.45, 7) is 1.88. The summed E-state index contributed by atoms with van der Waals surface area (Å²) in [5, 5.41) is 168. The van der Waals surface area contributed by atoms with E-state index in [4.69, 9.17) is 61.1 Å². The van der Waals surface area contributed by atoms with Crippen molar-refractivity contribution in [1.82, 2.24) is 42.5 Å². The van der Waals surface area contributed by atoms with E-state index < -0.39 is 279 Å². The Morgan fingerprint density at radius 2 is 1.12 bits per heavy atom. The van der Waals surface area contributed by atoms with E-state index in [2.05, 4.69) is 56.4 Å². The zero-order chi connectivity index (χ0) is 91.4. The summed E-state index contributed by atoms with van der Waals surface area (Å²) in [6.07, 6.45) is -18.3. The van der Waals surface area contributed by atoms with Crippen LogP contribution in [0.25, 0.3) is 11.1 Å². The van der Waals surface area contributed by atoms with Crippen LogP contribution in [0.4, 0.5) is 4.79 Å². The Bertz CT molecular complexity index is 5580. The van der Waals surface area contributed by atoms with E-state index in [0.29, 0.717) is 24.3 Å². The van der Waals surface area contributed by atoms with Crippen molar-refractivity contribution < 1.29 is 147 Å². The Kier molecular flexibility index (Phi) is 28.0. The second-order valence-electron chi connectivity index (χ2n) is 31.8. The Morgan fingerprint density at radius 1 is 0.516 bits per heavy atom. The maximum atomic E-state index is 16.8. The smallest absolute Gasteiger partial charge is 0.408 e. The molecule has 21 N–H and O–H groups in total. The highest BCUT2D eigenvalue weighted by atomic mass is 35.5. The predicted octanol–water partition coefficient (Wildman–Crippen LogP) is 5.02. The molecule has 0 spiro atoms. The molecule has 16 rings (SSSR count). The lowest BCUT2D eigenvalue weighted by molar-refractivity contribution is -0.277. The molecule has 8 aliphatic rings. The first kappa shape index (κ1) is 91.4. The number of phenolic OH excluding ortho intramolecular Hbond substituents is 4. The molecule has 128 heavy (non-hydrogen) atoms. The van der Waals surface area contributed by atoms with Gasteiger partial charge in [0.2, 0.25) is 59.7 Å². The summed E-state index contributed by atoms with van der Waals surface area (Å²) in [5.74, 6) is -17.7. The van der Waals surface area contributed by atoms with Crippen molar-refractivity contribution in [3.63, 3.8) is 0 Å². The Balaban J connectivity index is 0.980. The number of fused-ring (bicyclic) bond motifs is 14. The van der Waals surface area contributed by atoms with Crippen LogP contribution < -0.4 is 66.2 Å². The number of aliphatic hydroxyl groups is 8. The molecular formula is C88H90Cl2N8O30. The van der Waals surface area contributed by atoms with E-state index in [0.717, 1.165) is 110 Å². The number of carbonyl (C=O) groups excluding carboxylic acids is 8. The number of benzene rings is 8. The summed E-state index contributed by atoms with van der Waals surface area (Å²) >= 11 is 14.5. The zero-order valence-corrected chi connectivity index (χ0v) is 69.4. The topological polar surface area (TPSA) is 587 Å². The Labute approximate surface area is 737 Å². The number of phenols is 4. The van der Waals surface area contributed by atoms with Gasteiger partial charge in [-0.3, -0.25) is 33.6 Å². The fraction of sp³-hybridized carbons (Fsp3) is 0.352. The molecule has 0 aliphatic carbocycles. The number of amides is 8. The van der Waals surface area contributed by atoms with E-state index in [1.807, 2.05) is 0 Å². The van der Waals surface area contributed by atoms with Crippen LogP contribution in [0.2, 0.25) is 10.0 Å². The van der Waals surface area contributed by atoms with Gasteiger partial charge in [-0.25, -0.2) is 9.59 Å². The van der Waals surface area contributed by atoms with Crippen LogP contribution in [0.5, 0.6) is 69.0 Å². The summed E-state index contributed by atoms with van der Waals surface area (Å²) in [5.41, 5.74) is -3.02. The van der Waals surface area contributed by atoms with Crippen molar-refractivity contribution in [2.24, 2.45) is 5.92 Å². The quantitative estimate of drug-likeness (QED) is 0.0501. The summed E-state index contributed by atoms with van der Waals surface area (Å²) in [7, 11) is 0. The van der Waals surface area contributed by atoms with Gasteiger partial charge in [0.1, 0.15) is 138 Å².